The summed E-state index contributed by atoms with van der Waals surface area (Å²) in [4.78, 5) is 2.36. The molecule has 1 aliphatic heterocycles. The first-order valence-electron chi connectivity index (χ1n) is 6.78. The van der Waals surface area contributed by atoms with Crippen LogP contribution < -0.4 is 5.32 Å². The maximum atomic E-state index is 13.8. The first-order chi connectivity index (χ1) is 8.58. The number of aryl methyl sites for hydroxylation is 1. The van der Waals surface area contributed by atoms with Crippen LogP contribution in [0.3, 0.4) is 0 Å². The Labute approximate surface area is 109 Å². The number of likely N-dealkylation sites (tertiary alicyclic amines) is 1. The second-order valence-electron chi connectivity index (χ2n) is 5.53. The lowest BCUT2D eigenvalue weighted by molar-refractivity contribution is 0.197. The number of para-hydroxylation sites is 1. The molecule has 0 saturated carbocycles. The van der Waals surface area contributed by atoms with Gasteiger partial charge in [0, 0.05) is 12.6 Å². The van der Waals surface area contributed by atoms with Gasteiger partial charge in [-0.2, -0.15) is 0 Å². The number of nitrogens with one attached hydrogen (secondary N) is 1. The van der Waals surface area contributed by atoms with E-state index in [1.165, 1.54) is 25.5 Å². The molecular weight excluding hydrogens is 227 g/mol. The van der Waals surface area contributed by atoms with Crippen molar-refractivity contribution in [2.45, 2.75) is 32.7 Å². The molecule has 0 spiro atoms. The number of hydrogen-bond acceptors (Lipinski definition) is 2. The molecule has 0 amide bonds. The maximum Gasteiger partial charge on any atom is 0.146 e. The number of halogens is 1. The largest absolute Gasteiger partial charge is 0.380 e. The molecule has 2 rings (SSSR count). The van der Waals surface area contributed by atoms with E-state index >= 15 is 0 Å². The van der Waals surface area contributed by atoms with E-state index in [1.54, 1.807) is 6.07 Å². The van der Waals surface area contributed by atoms with Crippen molar-refractivity contribution in [1.29, 1.82) is 0 Å². The number of anilines is 1. The standard InChI is InChI=1S/C15H23FN2/c1-11-6-4-8-14(16)15(11)17-12(2)13-7-5-9-18(3)10-13/h4,6,8,12-13,17H,5,7,9-10H2,1-3H3. The lowest BCUT2D eigenvalue weighted by atomic mass is 9.91. The molecular formula is C15H23FN2. The highest BCUT2D eigenvalue weighted by Gasteiger charge is 2.23. The first kappa shape index (κ1) is 13.3. The second kappa shape index (κ2) is 5.70. The van der Waals surface area contributed by atoms with E-state index in [9.17, 15) is 4.39 Å². The summed E-state index contributed by atoms with van der Waals surface area (Å²) < 4.78 is 13.8. The van der Waals surface area contributed by atoms with Gasteiger partial charge in [0.25, 0.3) is 0 Å². The predicted octanol–water partition coefficient (Wildman–Crippen LogP) is 3.28. The first-order valence-corrected chi connectivity index (χ1v) is 6.78. The van der Waals surface area contributed by atoms with E-state index in [-0.39, 0.29) is 5.82 Å². The summed E-state index contributed by atoms with van der Waals surface area (Å²) in [6.07, 6.45) is 2.47. The zero-order chi connectivity index (χ0) is 13.1. The van der Waals surface area contributed by atoms with Gasteiger partial charge in [-0.05, 0) is 57.8 Å². The maximum absolute atomic E-state index is 13.8. The number of rotatable bonds is 3. The van der Waals surface area contributed by atoms with Gasteiger partial charge in [-0.25, -0.2) is 4.39 Å². The molecule has 2 unspecified atom stereocenters. The Morgan fingerprint density at radius 2 is 2.22 bits per heavy atom. The zero-order valence-corrected chi connectivity index (χ0v) is 11.5. The van der Waals surface area contributed by atoms with E-state index in [0.717, 1.165) is 12.1 Å². The van der Waals surface area contributed by atoms with Crippen molar-refractivity contribution in [3.05, 3.63) is 29.6 Å². The molecule has 2 nitrogen and oxygen atoms in total. The van der Waals surface area contributed by atoms with Crippen LogP contribution in [0, 0.1) is 18.7 Å². The van der Waals surface area contributed by atoms with Crippen molar-refractivity contribution >= 4 is 5.69 Å². The van der Waals surface area contributed by atoms with E-state index < -0.39 is 0 Å². The van der Waals surface area contributed by atoms with Crippen molar-refractivity contribution in [3.8, 4) is 0 Å². The van der Waals surface area contributed by atoms with Crippen LogP contribution in [-0.4, -0.2) is 31.1 Å². The third kappa shape index (κ3) is 3.02. The Kier molecular flexibility index (Phi) is 4.23. The molecule has 1 N–H and O–H groups in total. The van der Waals surface area contributed by atoms with Gasteiger partial charge < -0.3 is 10.2 Å². The molecule has 1 aliphatic rings. The monoisotopic (exact) mass is 250 g/mol. The predicted molar refractivity (Wildman–Crippen MR) is 74.4 cm³/mol. The molecule has 18 heavy (non-hydrogen) atoms. The Bertz CT molecular complexity index is 385. The van der Waals surface area contributed by atoms with E-state index in [0.29, 0.717) is 17.6 Å². The van der Waals surface area contributed by atoms with Gasteiger partial charge >= 0.3 is 0 Å². The fourth-order valence-corrected chi connectivity index (χ4v) is 2.77. The highest BCUT2D eigenvalue weighted by molar-refractivity contribution is 5.52. The van der Waals surface area contributed by atoms with Gasteiger partial charge in [0.05, 0.1) is 5.69 Å². The van der Waals surface area contributed by atoms with Crippen LogP contribution in [0.5, 0.6) is 0 Å². The smallest absolute Gasteiger partial charge is 0.146 e. The average molecular weight is 250 g/mol. The minimum absolute atomic E-state index is 0.147. The molecule has 0 aromatic heterocycles. The minimum Gasteiger partial charge on any atom is -0.380 e. The van der Waals surface area contributed by atoms with Crippen LogP contribution in [0.2, 0.25) is 0 Å². The molecule has 1 heterocycles. The lowest BCUT2D eigenvalue weighted by Gasteiger charge is -2.34. The van der Waals surface area contributed by atoms with Gasteiger partial charge in [0.2, 0.25) is 0 Å². The van der Waals surface area contributed by atoms with Crippen molar-refractivity contribution in [3.63, 3.8) is 0 Å². The fraction of sp³-hybridized carbons (Fsp3) is 0.600. The highest BCUT2D eigenvalue weighted by Crippen LogP contribution is 2.25. The van der Waals surface area contributed by atoms with E-state index in [2.05, 4.69) is 24.2 Å². The molecule has 3 heteroatoms. The number of piperidine rings is 1. The molecule has 0 radical (unpaired) electrons. The van der Waals surface area contributed by atoms with Crippen LogP contribution in [0.25, 0.3) is 0 Å². The van der Waals surface area contributed by atoms with Crippen LogP contribution in [0.15, 0.2) is 18.2 Å². The van der Waals surface area contributed by atoms with E-state index in [4.69, 9.17) is 0 Å². The third-order valence-corrected chi connectivity index (χ3v) is 3.96. The van der Waals surface area contributed by atoms with Crippen LogP contribution in [0.4, 0.5) is 10.1 Å². The lowest BCUT2D eigenvalue weighted by Crippen LogP contribution is -2.40. The fourth-order valence-electron chi connectivity index (χ4n) is 2.77. The number of hydrogen-bond donors (Lipinski definition) is 1. The number of benzene rings is 1. The summed E-state index contributed by atoms with van der Waals surface area (Å²) in [5.41, 5.74) is 1.64. The molecule has 1 saturated heterocycles. The van der Waals surface area contributed by atoms with Crippen molar-refractivity contribution < 1.29 is 4.39 Å². The van der Waals surface area contributed by atoms with Crippen LogP contribution in [-0.2, 0) is 0 Å². The van der Waals surface area contributed by atoms with Gasteiger partial charge in [0.1, 0.15) is 5.82 Å². The third-order valence-electron chi connectivity index (χ3n) is 3.96. The summed E-state index contributed by atoms with van der Waals surface area (Å²) in [5.74, 6) is 0.453. The van der Waals surface area contributed by atoms with Gasteiger partial charge in [-0.3, -0.25) is 0 Å². The minimum atomic E-state index is -0.147. The average Bonchev–Trinajstić information content (AvgIpc) is 2.34. The summed E-state index contributed by atoms with van der Waals surface area (Å²) >= 11 is 0. The molecule has 0 bridgehead atoms. The molecule has 100 valence electrons. The molecule has 1 aromatic carbocycles. The van der Waals surface area contributed by atoms with Crippen LogP contribution >= 0.6 is 0 Å². The molecule has 1 aromatic rings. The quantitative estimate of drug-likeness (QED) is 0.885. The van der Waals surface area contributed by atoms with Crippen molar-refractivity contribution in [2.75, 3.05) is 25.5 Å². The van der Waals surface area contributed by atoms with Crippen molar-refractivity contribution in [1.82, 2.24) is 4.90 Å². The second-order valence-corrected chi connectivity index (χ2v) is 5.53. The highest BCUT2D eigenvalue weighted by atomic mass is 19.1. The van der Waals surface area contributed by atoms with Gasteiger partial charge in [-0.15, -0.1) is 0 Å². The Hall–Kier alpha value is -1.09. The summed E-state index contributed by atoms with van der Waals surface area (Å²) in [6.45, 7) is 6.39. The van der Waals surface area contributed by atoms with Crippen LogP contribution in [0.1, 0.15) is 25.3 Å². The Morgan fingerprint density at radius 3 is 2.89 bits per heavy atom. The summed E-state index contributed by atoms with van der Waals surface area (Å²) in [5, 5.41) is 3.37. The molecule has 2 atom stereocenters. The SMILES string of the molecule is Cc1cccc(F)c1NC(C)C1CCCN(C)C1. The van der Waals surface area contributed by atoms with Gasteiger partial charge in [-0.1, -0.05) is 12.1 Å². The summed E-state index contributed by atoms with van der Waals surface area (Å²) in [6, 6.07) is 5.54. The number of nitrogens with zero attached hydrogens (tertiary/aromatic N) is 1. The van der Waals surface area contributed by atoms with Crippen molar-refractivity contribution in [2.24, 2.45) is 5.92 Å². The molecule has 1 fully saturated rings. The summed E-state index contributed by atoms with van der Waals surface area (Å²) in [7, 11) is 2.16. The molecule has 0 aliphatic carbocycles. The topological polar surface area (TPSA) is 15.3 Å². The normalized spacial score (nSPS) is 22.8. The Morgan fingerprint density at radius 1 is 1.44 bits per heavy atom. The zero-order valence-electron chi connectivity index (χ0n) is 11.5. The van der Waals surface area contributed by atoms with Gasteiger partial charge in [0.15, 0.2) is 0 Å². The Balaban J connectivity index is 2.04. The van der Waals surface area contributed by atoms with E-state index in [1.807, 2.05) is 13.0 Å².